The molecule has 2 aromatic rings. The number of aromatic nitrogens is 2. The van der Waals surface area contributed by atoms with Gasteiger partial charge in [-0.3, -0.25) is 9.48 Å². The smallest absolute Gasteiger partial charge is 0.166 e. The molecular formula is C15H15BrN2O. The SMILES string of the molecule is O=C1CCCCc2c1cnn2Cc1ccccc1Br. The maximum absolute atomic E-state index is 12.0. The Morgan fingerprint density at radius 2 is 2.00 bits per heavy atom. The Hall–Kier alpha value is -1.42. The molecule has 0 saturated heterocycles. The summed E-state index contributed by atoms with van der Waals surface area (Å²) in [5, 5.41) is 4.40. The first-order chi connectivity index (χ1) is 9.25. The number of rotatable bonds is 2. The average molecular weight is 319 g/mol. The molecule has 0 amide bonds. The summed E-state index contributed by atoms with van der Waals surface area (Å²) >= 11 is 3.56. The van der Waals surface area contributed by atoms with Crippen LogP contribution in [-0.2, 0) is 13.0 Å². The lowest BCUT2D eigenvalue weighted by molar-refractivity contribution is 0.0982. The van der Waals surface area contributed by atoms with Crippen LogP contribution in [0.3, 0.4) is 0 Å². The van der Waals surface area contributed by atoms with Crippen molar-refractivity contribution in [3.8, 4) is 0 Å². The van der Waals surface area contributed by atoms with Crippen molar-refractivity contribution in [2.45, 2.75) is 32.2 Å². The van der Waals surface area contributed by atoms with E-state index in [1.165, 1.54) is 5.56 Å². The van der Waals surface area contributed by atoms with Gasteiger partial charge in [-0.1, -0.05) is 34.1 Å². The van der Waals surface area contributed by atoms with E-state index >= 15 is 0 Å². The number of halogens is 1. The number of hydrogen-bond acceptors (Lipinski definition) is 2. The average Bonchev–Trinajstić information content (AvgIpc) is 2.71. The third kappa shape index (κ3) is 2.50. The van der Waals surface area contributed by atoms with Gasteiger partial charge in [0.25, 0.3) is 0 Å². The minimum Gasteiger partial charge on any atom is -0.294 e. The van der Waals surface area contributed by atoms with Crippen LogP contribution in [0.15, 0.2) is 34.9 Å². The number of fused-ring (bicyclic) bond motifs is 1. The standard InChI is InChI=1S/C15H15BrN2O/c16-13-6-2-1-5-11(13)10-18-14-7-3-4-8-15(19)12(14)9-17-18/h1-2,5-6,9H,3-4,7-8,10H2. The predicted octanol–water partition coefficient (Wildman–Crippen LogP) is 3.60. The Morgan fingerprint density at radius 3 is 2.84 bits per heavy atom. The molecule has 1 aliphatic rings. The van der Waals surface area contributed by atoms with Gasteiger partial charge in [0.15, 0.2) is 5.78 Å². The molecule has 0 bridgehead atoms. The van der Waals surface area contributed by atoms with Gasteiger partial charge in [-0.15, -0.1) is 0 Å². The van der Waals surface area contributed by atoms with Crippen molar-refractivity contribution >= 4 is 21.7 Å². The first kappa shape index (κ1) is 12.6. The topological polar surface area (TPSA) is 34.9 Å². The summed E-state index contributed by atoms with van der Waals surface area (Å²) in [4.78, 5) is 12.0. The third-order valence-corrected chi connectivity index (χ3v) is 4.37. The highest BCUT2D eigenvalue weighted by Crippen LogP contribution is 2.23. The molecule has 1 aromatic carbocycles. The van der Waals surface area contributed by atoms with Crippen molar-refractivity contribution in [2.75, 3.05) is 0 Å². The number of carbonyl (C=O) groups excluding carboxylic acids is 1. The number of Topliss-reactive ketones (excluding diaryl/α,β-unsaturated/α-hetero) is 1. The largest absolute Gasteiger partial charge is 0.294 e. The molecule has 1 heterocycles. The number of benzene rings is 1. The highest BCUT2D eigenvalue weighted by molar-refractivity contribution is 9.10. The molecule has 0 saturated carbocycles. The molecule has 1 aromatic heterocycles. The van der Waals surface area contributed by atoms with Crippen molar-refractivity contribution in [1.29, 1.82) is 0 Å². The van der Waals surface area contributed by atoms with Gasteiger partial charge < -0.3 is 0 Å². The summed E-state index contributed by atoms with van der Waals surface area (Å²) in [6, 6.07) is 8.13. The molecule has 0 fully saturated rings. The Morgan fingerprint density at radius 1 is 1.21 bits per heavy atom. The van der Waals surface area contributed by atoms with E-state index in [-0.39, 0.29) is 5.78 Å². The zero-order chi connectivity index (χ0) is 13.2. The van der Waals surface area contributed by atoms with Crippen LogP contribution in [0.2, 0.25) is 0 Å². The summed E-state index contributed by atoms with van der Waals surface area (Å²) in [6.07, 6.45) is 5.40. The molecule has 0 aliphatic heterocycles. The van der Waals surface area contributed by atoms with Crippen LogP contribution in [0.1, 0.15) is 40.9 Å². The fourth-order valence-corrected chi connectivity index (χ4v) is 2.95. The Labute approximate surface area is 120 Å². The second kappa shape index (κ2) is 5.29. The summed E-state index contributed by atoms with van der Waals surface area (Å²) in [6.45, 7) is 0.712. The summed E-state index contributed by atoms with van der Waals surface area (Å²) in [7, 11) is 0. The molecule has 4 heteroatoms. The molecule has 0 atom stereocenters. The van der Waals surface area contributed by atoms with E-state index in [0.717, 1.165) is 35.0 Å². The van der Waals surface area contributed by atoms with E-state index < -0.39 is 0 Å². The zero-order valence-electron chi connectivity index (χ0n) is 10.6. The number of nitrogens with zero attached hydrogens (tertiary/aromatic N) is 2. The minimum absolute atomic E-state index is 0.242. The van der Waals surface area contributed by atoms with Crippen LogP contribution in [-0.4, -0.2) is 15.6 Å². The summed E-state index contributed by atoms with van der Waals surface area (Å²) in [5.74, 6) is 0.242. The highest BCUT2D eigenvalue weighted by Gasteiger charge is 2.20. The van der Waals surface area contributed by atoms with Gasteiger partial charge in [0.2, 0.25) is 0 Å². The van der Waals surface area contributed by atoms with Gasteiger partial charge >= 0.3 is 0 Å². The fourth-order valence-electron chi connectivity index (χ4n) is 2.54. The predicted molar refractivity (Wildman–Crippen MR) is 77.4 cm³/mol. The van der Waals surface area contributed by atoms with Gasteiger partial charge in [-0.25, -0.2) is 0 Å². The van der Waals surface area contributed by atoms with Crippen LogP contribution < -0.4 is 0 Å². The molecule has 0 spiro atoms. The van der Waals surface area contributed by atoms with E-state index in [0.29, 0.717) is 13.0 Å². The van der Waals surface area contributed by atoms with Gasteiger partial charge in [0, 0.05) is 16.6 Å². The van der Waals surface area contributed by atoms with Crippen LogP contribution in [0.25, 0.3) is 0 Å². The minimum atomic E-state index is 0.242. The number of carbonyl (C=O) groups is 1. The lowest BCUT2D eigenvalue weighted by Gasteiger charge is -2.09. The third-order valence-electron chi connectivity index (χ3n) is 3.59. The van der Waals surface area contributed by atoms with E-state index in [2.05, 4.69) is 27.1 Å². The van der Waals surface area contributed by atoms with Crippen LogP contribution in [0.5, 0.6) is 0 Å². The molecule has 3 rings (SSSR count). The van der Waals surface area contributed by atoms with Gasteiger partial charge in [0.1, 0.15) is 0 Å². The lowest BCUT2D eigenvalue weighted by atomic mass is 10.1. The van der Waals surface area contributed by atoms with Crippen molar-refractivity contribution < 1.29 is 4.79 Å². The van der Waals surface area contributed by atoms with E-state index in [9.17, 15) is 4.79 Å². The maximum atomic E-state index is 12.0. The van der Waals surface area contributed by atoms with E-state index in [1.807, 2.05) is 22.9 Å². The fraction of sp³-hybridized carbons (Fsp3) is 0.333. The molecule has 98 valence electrons. The molecule has 0 radical (unpaired) electrons. The van der Waals surface area contributed by atoms with Crippen molar-refractivity contribution in [3.05, 3.63) is 51.8 Å². The van der Waals surface area contributed by atoms with E-state index in [4.69, 9.17) is 0 Å². The Kier molecular flexibility index (Phi) is 3.51. The summed E-state index contributed by atoms with van der Waals surface area (Å²) in [5.41, 5.74) is 3.10. The van der Waals surface area contributed by atoms with E-state index in [1.54, 1.807) is 6.20 Å². The van der Waals surface area contributed by atoms with Gasteiger partial charge in [-0.05, 0) is 30.9 Å². The zero-order valence-corrected chi connectivity index (χ0v) is 12.2. The molecular weight excluding hydrogens is 304 g/mol. The van der Waals surface area contributed by atoms with Crippen molar-refractivity contribution in [2.24, 2.45) is 0 Å². The second-order valence-electron chi connectivity index (χ2n) is 4.88. The van der Waals surface area contributed by atoms with Crippen LogP contribution in [0.4, 0.5) is 0 Å². The molecule has 3 nitrogen and oxygen atoms in total. The highest BCUT2D eigenvalue weighted by atomic mass is 79.9. The number of hydrogen-bond donors (Lipinski definition) is 0. The Bertz CT molecular complexity index is 618. The molecule has 0 N–H and O–H groups in total. The van der Waals surface area contributed by atoms with Crippen molar-refractivity contribution in [1.82, 2.24) is 9.78 Å². The van der Waals surface area contributed by atoms with Crippen molar-refractivity contribution in [3.63, 3.8) is 0 Å². The second-order valence-corrected chi connectivity index (χ2v) is 5.74. The Balaban J connectivity index is 1.95. The first-order valence-electron chi connectivity index (χ1n) is 6.57. The number of ketones is 1. The molecule has 19 heavy (non-hydrogen) atoms. The van der Waals surface area contributed by atoms with Gasteiger partial charge in [-0.2, -0.15) is 5.10 Å². The quantitative estimate of drug-likeness (QED) is 0.793. The maximum Gasteiger partial charge on any atom is 0.166 e. The lowest BCUT2D eigenvalue weighted by Crippen LogP contribution is -2.08. The monoisotopic (exact) mass is 318 g/mol. The molecule has 0 unspecified atom stereocenters. The van der Waals surface area contributed by atoms with Gasteiger partial charge in [0.05, 0.1) is 18.3 Å². The summed E-state index contributed by atoms with van der Waals surface area (Å²) < 4.78 is 3.05. The van der Waals surface area contributed by atoms with Crippen LogP contribution >= 0.6 is 15.9 Å². The van der Waals surface area contributed by atoms with Crippen LogP contribution in [0, 0.1) is 0 Å². The molecule has 1 aliphatic carbocycles. The normalized spacial score (nSPS) is 15.1. The first-order valence-corrected chi connectivity index (χ1v) is 7.36.